The molecular formula is C11H12N4O2. The summed E-state index contributed by atoms with van der Waals surface area (Å²) in [6.07, 6.45) is 4.48. The van der Waals surface area contributed by atoms with Gasteiger partial charge in [-0.25, -0.2) is 0 Å². The van der Waals surface area contributed by atoms with E-state index in [0.29, 0.717) is 12.3 Å². The van der Waals surface area contributed by atoms with Crippen molar-refractivity contribution < 1.29 is 9.21 Å². The zero-order chi connectivity index (χ0) is 12.1. The number of anilines is 1. The van der Waals surface area contributed by atoms with Gasteiger partial charge in [0.15, 0.2) is 0 Å². The molecular weight excluding hydrogens is 220 g/mol. The number of carbonyl (C=O) groups is 1. The number of pyridine rings is 1. The average molecular weight is 232 g/mol. The molecule has 0 saturated heterocycles. The van der Waals surface area contributed by atoms with Crippen LogP contribution in [0.15, 0.2) is 28.9 Å². The second kappa shape index (κ2) is 5.20. The van der Waals surface area contributed by atoms with Crippen LogP contribution in [0.4, 0.5) is 6.01 Å². The van der Waals surface area contributed by atoms with Gasteiger partial charge in [-0.1, -0.05) is 12.0 Å². The molecule has 0 aliphatic rings. The van der Waals surface area contributed by atoms with Crippen LogP contribution in [-0.4, -0.2) is 21.1 Å². The Morgan fingerprint density at radius 2 is 2.35 bits per heavy atom. The molecule has 1 N–H and O–H groups in total. The predicted octanol–water partition coefficient (Wildman–Crippen LogP) is 1.87. The molecule has 0 unspecified atom stereocenters. The van der Waals surface area contributed by atoms with Crippen LogP contribution in [0.2, 0.25) is 0 Å². The molecule has 0 aromatic carbocycles. The Kier molecular flexibility index (Phi) is 3.44. The highest BCUT2D eigenvalue weighted by Gasteiger charge is 2.10. The van der Waals surface area contributed by atoms with Crippen molar-refractivity contribution in [1.82, 2.24) is 15.2 Å². The van der Waals surface area contributed by atoms with Crippen LogP contribution in [-0.2, 0) is 4.79 Å². The Labute approximate surface area is 98.1 Å². The molecule has 0 aliphatic carbocycles. The second-order valence-electron chi connectivity index (χ2n) is 3.45. The van der Waals surface area contributed by atoms with Crippen LogP contribution in [0, 0.1) is 0 Å². The topological polar surface area (TPSA) is 80.9 Å². The number of carbonyl (C=O) groups excluding carboxylic acids is 1. The van der Waals surface area contributed by atoms with E-state index in [1.807, 2.05) is 6.92 Å². The average Bonchev–Trinajstić information content (AvgIpc) is 2.79. The van der Waals surface area contributed by atoms with Crippen LogP contribution in [0.3, 0.4) is 0 Å². The first-order chi connectivity index (χ1) is 8.29. The maximum absolute atomic E-state index is 11.3. The van der Waals surface area contributed by atoms with E-state index in [0.717, 1.165) is 12.0 Å². The zero-order valence-electron chi connectivity index (χ0n) is 9.38. The standard InChI is InChI=1S/C11H12N4O2/c1-2-4-9(16)13-11-15-14-10(17-11)8-5-3-6-12-7-8/h3,5-7H,2,4H2,1H3,(H,13,15,16). The van der Waals surface area contributed by atoms with Gasteiger partial charge in [-0.05, 0) is 18.6 Å². The summed E-state index contributed by atoms with van der Waals surface area (Å²) in [5.74, 6) is 0.207. The summed E-state index contributed by atoms with van der Waals surface area (Å²) in [4.78, 5) is 15.3. The summed E-state index contributed by atoms with van der Waals surface area (Å²) in [7, 11) is 0. The molecule has 2 aromatic heterocycles. The molecule has 0 saturated carbocycles. The van der Waals surface area contributed by atoms with E-state index in [1.54, 1.807) is 24.5 Å². The number of rotatable bonds is 4. The van der Waals surface area contributed by atoms with Gasteiger partial charge in [0, 0.05) is 18.8 Å². The van der Waals surface area contributed by atoms with Gasteiger partial charge in [-0.15, -0.1) is 5.10 Å². The van der Waals surface area contributed by atoms with Gasteiger partial charge in [0.05, 0.1) is 5.56 Å². The SMILES string of the molecule is CCCC(=O)Nc1nnc(-c2cccnc2)o1. The number of amides is 1. The van der Waals surface area contributed by atoms with Crippen LogP contribution in [0.25, 0.3) is 11.5 Å². The maximum atomic E-state index is 11.3. The Bertz CT molecular complexity index is 495. The highest BCUT2D eigenvalue weighted by Crippen LogP contribution is 2.18. The Hall–Kier alpha value is -2.24. The quantitative estimate of drug-likeness (QED) is 0.870. The van der Waals surface area contributed by atoms with E-state index >= 15 is 0 Å². The molecule has 6 nitrogen and oxygen atoms in total. The number of hydrogen-bond acceptors (Lipinski definition) is 5. The summed E-state index contributed by atoms with van der Waals surface area (Å²) in [5, 5.41) is 10.1. The first kappa shape index (κ1) is 11.3. The van der Waals surface area contributed by atoms with Crippen molar-refractivity contribution in [3.8, 4) is 11.5 Å². The Morgan fingerprint density at radius 1 is 1.47 bits per heavy atom. The molecule has 0 spiro atoms. The van der Waals surface area contributed by atoms with Crippen molar-refractivity contribution in [2.75, 3.05) is 5.32 Å². The second-order valence-corrected chi connectivity index (χ2v) is 3.45. The minimum absolute atomic E-state index is 0.113. The number of hydrogen-bond donors (Lipinski definition) is 1. The van der Waals surface area contributed by atoms with Crippen molar-refractivity contribution in [1.29, 1.82) is 0 Å². The maximum Gasteiger partial charge on any atom is 0.322 e. The molecule has 88 valence electrons. The fourth-order valence-electron chi connectivity index (χ4n) is 1.29. The lowest BCUT2D eigenvalue weighted by molar-refractivity contribution is -0.116. The minimum Gasteiger partial charge on any atom is -0.403 e. The number of nitrogens with zero attached hydrogens (tertiary/aromatic N) is 3. The summed E-state index contributed by atoms with van der Waals surface area (Å²) in [6.45, 7) is 1.93. The predicted molar refractivity (Wildman–Crippen MR) is 61.1 cm³/mol. The lowest BCUT2D eigenvalue weighted by atomic mass is 10.3. The smallest absolute Gasteiger partial charge is 0.322 e. The van der Waals surface area contributed by atoms with Gasteiger partial charge < -0.3 is 4.42 Å². The molecule has 6 heteroatoms. The van der Waals surface area contributed by atoms with E-state index in [1.165, 1.54) is 0 Å². The molecule has 2 heterocycles. The van der Waals surface area contributed by atoms with Crippen molar-refractivity contribution in [2.45, 2.75) is 19.8 Å². The van der Waals surface area contributed by atoms with Crippen LogP contribution in [0.5, 0.6) is 0 Å². The van der Waals surface area contributed by atoms with Crippen LogP contribution in [0.1, 0.15) is 19.8 Å². The molecule has 0 bridgehead atoms. The third kappa shape index (κ3) is 2.87. The van der Waals surface area contributed by atoms with Crippen molar-refractivity contribution in [3.63, 3.8) is 0 Å². The van der Waals surface area contributed by atoms with Crippen molar-refractivity contribution >= 4 is 11.9 Å². The molecule has 17 heavy (non-hydrogen) atoms. The highest BCUT2D eigenvalue weighted by atomic mass is 16.4. The fraction of sp³-hybridized carbons (Fsp3) is 0.273. The molecule has 2 rings (SSSR count). The summed E-state index contributed by atoms with van der Waals surface area (Å²) >= 11 is 0. The van der Waals surface area contributed by atoms with E-state index < -0.39 is 0 Å². The molecule has 0 radical (unpaired) electrons. The van der Waals surface area contributed by atoms with E-state index in [9.17, 15) is 4.79 Å². The van der Waals surface area contributed by atoms with Gasteiger partial charge in [-0.2, -0.15) is 0 Å². The molecule has 0 fully saturated rings. The zero-order valence-corrected chi connectivity index (χ0v) is 9.38. The van der Waals surface area contributed by atoms with Crippen molar-refractivity contribution in [3.05, 3.63) is 24.5 Å². The lowest BCUT2D eigenvalue weighted by Gasteiger charge is -1.96. The summed E-state index contributed by atoms with van der Waals surface area (Å²) in [6, 6.07) is 3.69. The van der Waals surface area contributed by atoms with Gasteiger partial charge in [0.25, 0.3) is 5.89 Å². The van der Waals surface area contributed by atoms with E-state index in [2.05, 4.69) is 20.5 Å². The number of nitrogens with one attached hydrogen (secondary N) is 1. The monoisotopic (exact) mass is 232 g/mol. The summed E-state index contributed by atoms with van der Waals surface area (Å²) in [5.41, 5.74) is 0.719. The first-order valence-electron chi connectivity index (χ1n) is 5.33. The van der Waals surface area contributed by atoms with E-state index in [-0.39, 0.29) is 11.9 Å². The molecule has 2 aromatic rings. The lowest BCUT2D eigenvalue weighted by Crippen LogP contribution is -2.10. The largest absolute Gasteiger partial charge is 0.403 e. The van der Waals surface area contributed by atoms with Crippen molar-refractivity contribution in [2.24, 2.45) is 0 Å². The Balaban J connectivity index is 2.09. The Morgan fingerprint density at radius 3 is 3.06 bits per heavy atom. The molecule has 0 atom stereocenters. The third-order valence-electron chi connectivity index (χ3n) is 2.06. The van der Waals surface area contributed by atoms with Gasteiger partial charge in [0.1, 0.15) is 0 Å². The molecule has 1 amide bonds. The first-order valence-corrected chi connectivity index (χ1v) is 5.33. The minimum atomic E-state index is -0.131. The normalized spacial score (nSPS) is 10.2. The van der Waals surface area contributed by atoms with Gasteiger partial charge in [-0.3, -0.25) is 15.1 Å². The van der Waals surface area contributed by atoms with Gasteiger partial charge >= 0.3 is 6.01 Å². The highest BCUT2D eigenvalue weighted by molar-refractivity contribution is 5.88. The third-order valence-corrected chi connectivity index (χ3v) is 2.06. The van der Waals surface area contributed by atoms with Gasteiger partial charge in [0.2, 0.25) is 5.91 Å². The number of aromatic nitrogens is 3. The fourth-order valence-corrected chi connectivity index (χ4v) is 1.29. The summed E-state index contributed by atoms with van der Waals surface area (Å²) < 4.78 is 5.29. The molecule has 0 aliphatic heterocycles. The van der Waals surface area contributed by atoms with E-state index in [4.69, 9.17) is 4.42 Å². The van der Waals surface area contributed by atoms with Crippen LogP contribution >= 0.6 is 0 Å². The van der Waals surface area contributed by atoms with Crippen LogP contribution < -0.4 is 5.32 Å².